The Bertz CT molecular complexity index is 382. The van der Waals surface area contributed by atoms with E-state index in [4.69, 9.17) is 9.47 Å². The molecule has 0 saturated carbocycles. The first-order chi connectivity index (χ1) is 8.17. The summed E-state index contributed by atoms with van der Waals surface area (Å²) in [6, 6.07) is 5.83. The Morgan fingerprint density at radius 3 is 2.88 bits per heavy atom. The summed E-state index contributed by atoms with van der Waals surface area (Å²) in [5, 5.41) is 0. The zero-order chi connectivity index (χ0) is 12.7. The van der Waals surface area contributed by atoms with Crippen LogP contribution in [0, 0.1) is 0 Å². The normalized spacial score (nSPS) is 10.1. The summed E-state index contributed by atoms with van der Waals surface area (Å²) in [4.78, 5) is 11.2. The van der Waals surface area contributed by atoms with E-state index < -0.39 is 0 Å². The molecule has 1 rings (SSSR count). The molecular weight excluding hydrogens is 304 g/mol. The fraction of sp³-hybridized carbons (Fsp3) is 0.417. The number of benzene rings is 1. The molecule has 0 N–H and O–H groups in total. The molecule has 0 amide bonds. The molecule has 0 heterocycles. The molecule has 0 bridgehead atoms. The predicted molar refractivity (Wildman–Crippen MR) is 73.5 cm³/mol. The van der Waals surface area contributed by atoms with Gasteiger partial charge in [0.15, 0.2) is 0 Å². The molecule has 0 spiro atoms. The van der Waals surface area contributed by atoms with Crippen LogP contribution in [0.1, 0.15) is 12.5 Å². The molecule has 3 nitrogen and oxygen atoms in total. The van der Waals surface area contributed by atoms with Crippen molar-refractivity contribution in [3.8, 4) is 5.75 Å². The number of esters is 1. The van der Waals surface area contributed by atoms with Gasteiger partial charge in [-0.1, -0.05) is 15.9 Å². The quantitative estimate of drug-likeness (QED) is 0.754. The maximum atomic E-state index is 11.2. The summed E-state index contributed by atoms with van der Waals surface area (Å²) < 4.78 is 11.1. The van der Waals surface area contributed by atoms with Gasteiger partial charge in [-0.2, -0.15) is 0 Å². The molecule has 1 aromatic carbocycles. The minimum absolute atomic E-state index is 0.175. The predicted octanol–water partition coefficient (Wildman–Crippen LogP) is 3.25. The summed E-state index contributed by atoms with van der Waals surface area (Å²) in [5.74, 6) is 1.75. The molecule has 17 heavy (non-hydrogen) atoms. The second kappa shape index (κ2) is 7.61. The zero-order valence-electron chi connectivity index (χ0n) is 9.86. The lowest BCUT2D eigenvalue weighted by Crippen LogP contribution is -2.06. The Kier molecular flexibility index (Phi) is 6.44. The molecule has 0 aliphatic rings. The van der Waals surface area contributed by atoms with Gasteiger partial charge in [0.1, 0.15) is 5.75 Å². The third kappa shape index (κ3) is 5.00. The van der Waals surface area contributed by atoms with Crippen LogP contribution in [-0.4, -0.2) is 25.4 Å². The molecular formula is C12H15BrO3S. The lowest BCUT2D eigenvalue weighted by atomic mass is 10.2. The third-order valence-corrected chi connectivity index (χ3v) is 3.47. The van der Waals surface area contributed by atoms with Crippen molar-refractivity contribution in [3.63, 3.8) is 0 Å². The van der Waals surface area contributed by atoms with Crippen LogP contribution < -0.4 is 4.74 Å². The highest BCUT2D eigenvalue weighted by Gasteiger charge is 2.06. The minimum Gasteiger partial charge on any atom is -0.496 e. The molecule has 0 unspecified atom stereocenters. The van der Waals surface area contributed by atoms with Gasteiger partial charge in [-0.15, -0.1) is 11.8 Å². The van der Waals surface area contributed by atoms with Crippen molar-refractivity contribution in [1.29, 1.82) is 0 Å². The maximum absolute atomic E-state index is 11.2. The van der Waals surface area contributed by atoms with Crippen molar-refractivity contribution in [1.82, 2.24) is 0 Å². The second-order valence-corrected chi connectivity index (χ2v) is 5.16. The number of rotatable bonds is 6. The molecule has 0 fully saturated rings. The number of hydrogen-bond acceptors (Lipinski definition) is 4. The largest absolute Gasteiger partial charge is 0.496 e. The number of ether oxygens (including phenoxy) is 2. The monoisotopic (exact) mass is 318 g/mol. The Balaban J connectivity index is 2.50. The van der Waals surface area contributed by atoms with Crippen LogP contribution in [0.4, 0.5) is 0 Å². The maximum Gasteiger partial charge on any atom is 0.315 e. The van der Waals surface area contributed by atoms with Crippen molar-refractivity contribution in [3.05, 3.63) is 28.2 Å². The average molecular weight is 319 g/mol. The fourth-order valence-corrected chi connectivity index (χ4v) is 2.51. The standard InChI is InChI=1S/C12H15BrO3S/c1-3-16-12(14)8-17-7-9-6-10(13)4-5-11(9)15-2/h4-6H,3,7-8H2,1-2H3. The van der Waals surface area contributed by atoms with Gasteiger partial charge < -0.3 is 9.47 Å². The highest BCUT2D eigenvalue weighted by atomic mass is 79.9. The molecule has 0 atom stereocenters. The van der Waals surface area contributed by atoms with Gasteiger partial charge in [0, 0.05) is 15.8 Å². The van der Waals surface area contributed by atoms with Crippen LogP contribution in [0.5, 0.6) is 5.75 Å². The van der Waals surface area contributed by atoms with Gasteiger partial charge in [0.2, 0.25) is 0 Å². The number of hydrogen-bond donors (Lipinski definition) is 0. The molecule has 94 valence electrons. The smallest absolute Gasteiger partial charge is 0.315 e. The van der Waals surface area contributed by atoms with Gasteiger partial charge in [0.25, 0.3) is 0 Å². The van der Waals surface area contributed by atoms with Crippen LogP contribution in [0.3, 0.4) is 0 Å². The van der Waals surface area contributed by atoms with E-state index in [0.717, 1.165) is 21.5 Å². The summed E-state index contributed by atoms with van der Waals surface area (Å²) in [6.45, 7) is 2.24. The van der Waals surface area contributed by atoms with Crippen LogP contribution in [0.15, 0.2) is 22.7 Å². The van der Waals surface area contributed by atoms with Crippen LogP contribution in [-0.2, 0) is 15.3 Å². The average Bonchev–Trinajstić information content (AvgIpc) is 2.30. The van der Waals surface area contributed by atoms with Crippen molar-refractivity contribution >= 4 is 33.7 Å². The highest BCUT2D eigenvalue weighted by molar-refractivity contribution is 9.10. The van der Waals surface area contributed by atoms with Crippen LogP contribution in [0.25, 0.3) is 0 Å². The minimum atomic E-state index is -0.175. The second-order valence-electron chi connectivity index (χ2n) is 3.25. The summed E-state index contributed by atoms with van der Waals surface area (Å²) in [6.07, 6.45) is 0. The number of thioether (sulfide) groups is 1. The first-order valence-corrected chi connectivity index (χ1v) is 7.18. The van der Waals surface area contributed by atoms with E-state index in [9.17, 15) is 4.79 Å². The van der Waals surface area contributed by atoms with Crippen molar-refractivity contribution in [2.24, 2.45) is 0 Å². The fourth-order valence-electron chi connectivity index (χ4n) is 1.31. The summed E-state index contributed by atoms with van der Waals surface area (Å²) in [7, 11) is 1.64. The first-order valence-electron chi connectivity index (χ1n) is 5.23. The lowest BCUT2D eigenvalue weighted by Gasteiger charge is -2.08. The van der Waals surface area contributed by atoms with E-state index in [0.29, 0.717) is 12.4 Å². The number of halogens is 1. The summed E-state index contributed by atoms with van der Waals surface area (Å²) in [5.41, 5.74) is 1.07. The Morgan fingerprint density at radius 2 is 2.24 bits per heavy atom. The Morgan fingerprint density at radius 1 is 1.47 bits per heavy atom. The third-order valence-electron chi connectivity index (χ3n) is 2.03. The SMILES string of the molecule is CCOC(=O)CSCc1cc(Br)ccc1OC. The molecule has 0 aromatic heterocycles. The van der Waals surface area contributed by atoms with Gasteiger partial charge >= 0.3 is 5.97 Å². The number of carbonyl (C=O) groups excluding carboxylic acids is 1. The van der Waals surface area contributed by atoms with Crippen molar-refractivity contribution < 1.29 is 14.3 Å². The van der Waals surface area contributed by atoms with E-state index >= 15 is 0 Å². The molecule has 1 aromatic rings. The van der Waals surface area contributed by atoms with Crippen molar-refractivity contribution in [2.45, 2.75) is 12.7 Å². The van der Waals surface area contributed by atoms with Crippen LogP contribution in [0.2, 0.25) is 0 Å². The van der Waals surface area contributed by atoms with Gasteiger partial charge in [-0.3, -0.25) is 4.79 Å². The Hall–Kier alpha value is -0.680. The number of carbonyl (C=O) groups is 1. The van der Waals surface area contributed by atoms with E-state index in [2.05, 4.69) is 15.9 Å². The van der Waals surface area contributed by atoms with Gasteiger partial charge in [0.05, 0.1) is 19.5 Å². The van der Waals surface area contributed by atoms with E-state index in [-0.39, 0.29) is 5.97 Å². The first kappa shape index (κ1) is 14.4. The van der Waals surface area contributed by atoms with E-state index in [1.165, 1.54) is 11.8 Å². The molecule has 0 radical (unpaired) electrons. The lowest BCUT2D eigenvalue weighted by molar-refractivity contribution is -0.139. The molecule has 5 heteroatoms. The molecule has 0 aliphatic carbocycles. The number of methoxy groups -OCH3 is 1. The molecule has 0 aliphatic heterocycles. The van der Waals surface area contributed by atoms with Crippen LogP contribution >= 0.6 is 27.7 Å². The topological polar surface area (TPSA) is 35.5 Å². The van der Waals surface area contributed by atoms with E-state index in [1.807, 2.05) is 18.2 Å². The van der Waals surface area contributed by atoms with Gasteiger partial charge in [-0.25, -0.2) is 0 Å². The molecule has 0 saturated heterocycles. The van der Waals surface area contributed by atoms with E-state index in [1.54, 1.807) is 14.0 Å². The Labute approximate surface area is 114 Å². The highest BCUT2D eigenvalue weighted by Crippen LogP contribution is 2.26. The van der Waals surface area contributed by atoms with Crippen molar-refractivity contribution in [2.75, 3.05) is 19.5 Å². The zero-order valence-corrected chi connectivity index (χ0v) is 12.3. The van der Waals surface area contributed by atoms with Gasteiger partial charge in [-0.05, 0) is 25.1 Å². The summed E-state index contributed by atoms with van der Waals surface area (Å²) >= 11 is 4.93.